The van der Waals surface area contributed by atoms with Gasteiger partial charge in [-0.2, -0.15) is 0 Å². The minimum absolute atomic E-state index is 0.105. The van der Waals surface area contributed by atoms with Gasteiger partial charge in [-0.3, -0.25) is 14.9 Å². The van der Waals surface area contributed by atoms with Crippen LogP contribution in [0.3, 0.4) is 0 Å². The van der Waals surface area contributed by atoms with E-state index in [-0.39, 0.29) is 16.0 Å². The maximum atomic E-state index is 12.2. The normalized spacial score (nSPS) is 10.2. The van der Waals surface area contributed by atoms with E-state index < -0.39 is 5.91 Å². The Morgan fingerprint density at radius 3 is 2.07 bits per heavy atom. The highest BCUT2D eigenvalue weighted by Gasteiger charge is 2.10. The van der Waals surface area contributed by atoms with Crippen molar-refractivity contribution in [3.63, 3.8) is 0 Å². The first-order valence-corrected chi connectivity index (χ1v) is 10.1. The highest BCUT2D eigenvalue weighted by Crippen LogP contribution is 2.22. The lowest BCUT2D eigenvalue weighted by Crippen LogP contribution is -2.34. The van der Waals surface area contributed by atoms with Crippen LogP contribution in [0.15, 0.2) is 72.8 Å². The molecular weight excluding hydrogens is 441 g/mol. The number of nitrogens with one attached hydrogen (secondary N) is 3. The lowest BCUT2D eigenvalue weighted by Gasteiger charge is -2.11. The molecule has 0 spiro atoms. The number of carbonyl (C=O) groups excluding carboxylic acids is 2. The van der Waals surface area contributed by atoms with Gasteiger partial charge in [-0.05, 0) is 60.2 Å². The average Bonchev–Trinajstić information content (AvgIpc) is 2.72. The number of halogens is 2. The van der Waals surface area contributed by atoms with E-state index in [0.29, 0.717) is 28.4 Å². The average molecular weight is 458 g/mol. The molecule has 0 atom stereocenters. The molecule has 0 unspecified atom stereocenters. The standard InChI is InChI=1S/C22H17Cl2N3O2S/c23-18-11-6-15(13-19(18)24)21(29)27-22(30)26-17-9-7-16(8-10-17)25-20(28)12-14-4-2-1-3-5-14/h1-11,13H,12H2,(H,25,28)(H2,26,27,29,30). The van der Waals surface area contributed by atoms with Crippen molar-refractivity contribution in [3.05, 3.63) is 94.0 Å². The van der Waals surface area contributed by atoms with Gasteiger partial charge in [0, 0.05) is 16.9 Å². The molecule has 8 heteroatoms. The first kappa shape index (κ1) is 21.8. The van der Waals surface area contributed by atoms with Gasteiger partial charge < -0.3 is 10.6 Å². The number of amides is 2. The third-order valence-electron chi connectivity index (χ3n) is 4.04. The number of hydrogen-bond acceptors (Lipinski definition) is 3. The van der Waals surface area contributed by atoms with Gasteiger partial charge >= 0.3 is 0 Å². The molecule has 0 saturated carbocycles. The predicted molar refractivity (Wildman–Crippen MR) is 125 cm³/mol. The van der Waals surface area contributed by atoms with Crippen molar-refractivity contribution in [2.75, 3.05) is 10.6 Å². The fourth-order valence-electron chi connectivity index (χ4n) is 2.60. The second-order valence-corrected chi connectivity index (χ2v) is 7.55. The van der Waals surface area contributed by atoms with E-state index >= 15 is 0 Å². The zero-order valence-corrected chi connectivity index (χ0v) is 17.9. The summed E-state index contributed by atoms with van der Waals surface area (Å²) in [6.07, 6.45) is 0.297. The summed E-state index contributed by atoms with van der Waals surface area (Å²) in [6.45, 7) is 0. The van der Waals surface area contributed by atoms with Gasteiger partial charge in [0.1, 0.15) is 0 Å². The van der Waals surface area contributed by atoms with Gasteiger partial charge in [0.2, 0.25) is 5.91 Å². The molecule has 0 heterocycles. The van der Waals surface area contributed by atoms with Crippen molar-refractivity contribution >= 4 is 63.7 Å². The monoisotopic (exact) mass is 457 g/mol. The topological polar surface area (TPSA) is 70.2 Å². The SMILES string of the molecule is O=C(Cc1ccccc1)Nc1ccc(NC(=S)NC(=O)c2ccc(Cl)c(Cl)c2)cc1. The van der Waals surface area contributed by atoms with Crippen LogP contribution in [0.5, 0.6) is 0 Å². The van der Waals surface area contributed by atoms with E-state index in [0.717, 1.165) is 5.56 Å². The van der Waals surface area contributed by atoms with Crippen LogP contribution in [0.4, 0.5) is 11.4 Å². The minimum atomic E-state index is -0.407. The molecule has 0 radical (unpaired) electrons. The third-order valence-corrected chi connectivity index (χ3v) is 4.99. The summed E-state index contributed by atoms with van der Waals surface area (Å²) in [4.78, 5) is 24.4. The highest BCUT2D eigenvalue weighted by atomic mass is 35.5. The lowest BCUT2D eigenvalue weighted by atomic mass is 10.1. The molecule has 0 bridgehead atoms. The van der Waals surface area contributed by atoms with Crippen LogP contribution in [-0.2, 0) is 11.2 Å². The van der Waals surface area contributed by atoms with E-state index in [4.69, 9.17) is 35.4 Å². The smallest absolute Gasteiger partial charge is 0.257 e. The Balaban J connectivity index is 1.52. The minimum Gasteiger partial charge on any atom is -0.332 e. The first-order chi connectivity index (χ1) is 14.4. The Morgan fingerprint density at radius 1 is 0.800 bits per heavy atom. The molecule has 5 nitrogen and oxygen atoms in total. The van der Waals surface area contributed by atoms with Crippen LogP contribution in [0.25, 0.3) is 0 Å². The third kappa shape index (κ3) is 6.29. The molecule has 30 heavy (non-hydrogen) atoms. The van der Waals surface area contributed by atoms with Crippen molar-refractivity contribution in [2.24, 2.45) is 0 Å². The quantitative estimate of drug-likeness (QED) is 0.454. The summed E-state index contributed by atoms with van der Waals surface area (Å²) in [5, 5.41) is 9.12. The Labute approximate surface area is 189 Å². The number of benzene rings is 3. The Morgan fingerprint density at radius 2 is 1.43 bits per heavy atom. The second kappa shape index (κ2) is 10.2. The summed E-state index contributed by atoms with van der Waals surface area (Å²) in [7, 11) is 0. The van der Waals surface area contributed by atoms with E-state index in [2.05, 4.69) is 16.0 Å². The lowest BCUT2D eigenvalue weighted by molar-refractivity contribution is -0.115. The molecule has 0 aliphatic carbocycles. The van der Waals surface area contributed by atoms with Gasteiger partial charge in [-0.15, -0.1) is 0 Å². The summed E-state index contributed by atoms with van der Waals surface area (Å²) in [5.41, 5.74) is 2.60. The summed E-state index contributed by atoms with van der Waals surface area (Å²) in [6, 6.07) is 21.0. The molecule has 3 aromatic rings. The molecule has 3 rings (SSSR count). The van der Waals surface area contributed by atoms with E-state index in [1.54, 1.807) is 36.4 Å². The number of thiocarbonyl (C=S) groups is 1. The zero-order chi connectivity index (χ0) is 21.5. The molecular formula is C22H17Cl2N3O2S. The van der Waals surface area contributed by atoms with Crippen LogP contribution in [0.2, 0.25) is 10.0 Å². The zero-order valence-electron chi connectivity index (χ0n) is 15.6. The van der Waals surface area contributed by atoms with Crippen molar-refractivity contribution < 1.29 is 9.59 Å². The van der Waals surface area contributed by atoms with Crippen LogP contribution >= 0.6 is 35.4 Å². The van der Waals surface area contributed by atoms with Crippen molar-refractivity contribution in [1.29, 1.82) is 0 Å². The predicted octanol–water partition coefficient (Wildman–Crippen LogP) is 5.30. The van der Waals surface area contributed by atoms with Crippen molar-refractivity contribution in [1.82, 2.24) is 5.32 Å². The molecule has 2 amide bonds. The Kier molecular flexibility index (Phi) is 7.41. The molecule has 3 aromatic carbocycles. The van der Waals surface area contributed by atoms with Crippen molar-refractivity contribution in [3.8, 4) is 0 Å². The van der Waals surface area contributed by atoms with Gasteiger partial charge in [0.05, 0.1) is 16.5 Å². The van der Waals surface area contributed by atoms with Gasteiger partial charge in [-0.25, -0.2) is 0 Å². The van der Waals surface area contributed by atoms with Crippen LogP contribution in [-0.4, -0.2) is 16.9 Å². The number of anilines is 2. The highest BCUT2D eigenvalue weighted by molar-refractivity contribution is 7.80. The van der Waals surface area contributed by atoms with Crippen LogP contribution in [0.1, 0.15) is 15.9 Å². The van der Waals surface area contributed by atoms with Crippen LogP contribution in [0, 0.1) is 0 Å². The van der Waals surface area contributed by atoms with Gasteiger partial charge in [0.25, 0.3) is 5.91 Å². The summed E-state index contributed by atoms with van der Waals surface area (Å²) < 4.78 is 0. The van der Waals surface area contributed by atoms with E-state index in [1.165, 1.54) is 6.07 Å². The number of hydrogen-bond donors (Lipinski definition) is 3. The molecule has 0 aromatic heterocycles. The van der Waals surface area contributed by atoms with Crippen molar-refractivity contribution in [2.45, 2.75) is 6.42 Å². The number of rotatable bonds is 5. The molecule has 3 N–H and O–H groups in total. The molecule has 0 fully saturated rings. The molecule has 152 valence electrons. The molecule has 0 saturated heterocycles. The number of carbonyl (C=O) groups is 2. The van der Waals surface area contributed by atoms with Gasteiger partial charge in [-0.1, -0.05) is 53.5 Å². The summed E-state index contributed by atoms with van der Waals surface area (Å²) >= 11 is 17.0. The molecule has 0 aliphatic rings. The maximum Gasteiger partial charge on any atom is 0.257 e. The first-order valence-electron chi connectivity index (χ1n) is 8.92. The Hall–Kier alpha value is -2.93. The fourth-order valence-corrected chi connectivity index (χ4v) is 3.11. The maximum absolute atomic E-state index is 12.2. The van der Waals surface area contributed by atoms with E-state index in [9.17, 15) is 9.59 Å². The van der Waals surface area contributed by atoms with E-state index in [1.807, 2.05) is 30.3 Å². The largest absolute Gasteiger partial charge is 0.332 e. The fraction of sp³-hybridized carbons (Fsp3) is 0.0455. The summed E-state index contributed by atoms with van der Waals surface area (Å²) in [5.74, 6) is -0.512. The Bertz CT molecular complexity index is 1070. The molecule has 0 aliphatic heterocycles. The second-order valence-electron chi connectivity index (χ2n) is 6.33. The van der Waals surface area contributed by atoms with Crippen LogP contribution < -0.4 is 16.0 Å². The van der Waals surface area contributed by atoms with Gasteiger partial charge in [0.15, 0.2) is 5.11 Å².